The molecule has 0 radical (unpaired) electrons. The molecule has 9 fully saturated rings. The first-order chi connectivity index (χ1) is 40.3. The predicted molar refractivity (Wildman–Crippen MR) is 293 cm³/mol. The number of fused-ring (bicyclic) bond motifs is 5. The van der Waals surface area contributed by atoms with E-state index in [1.165, 1.54) is 0 Å². The molecule has 86 heavy (non-hydrogen) atoms. The molecule has 5 heterocycles. The third kappa shape index (κ3) is 12.3. The van der Waals surface area contributed by atoms with Crippen molar-refractivity contribution >= 4 is 0 Å². The minimum atomic E-state index is -1.92. The van der Waals surface area contributed by atoms with Gasteiger partial charge in [0.1, 0.15) is 116 Å². The summed E-state index contributed by atoms with van der Waals surface area (Å²) in [5.74, 6) is -0.667. The van der Waals surface area contributed by atoms with Crippen LogP contribution in [0.25, 0.3) is 0 Å². The smallest absolute Gasteiger partial charge is 0.187 e. The highest BCUT2D eigenvalue weighted by Crippen LogP contribution is 2.76. The third-order valence-electron chi connectivity index (χ3n) is 22.6. The molecule has 4 saturated carbocycles. The van der Waals surface area contributed by atoms with Gasteiger partial charge in [0.2, 0.25) is 0 Å². The highest BCUT2D eigenvalue weighted by molar-refractivity contribution is 5.21. The standard InChI is InChI=1S/C59H100O27/c1-24(2)10-9-14-59(8,86-52-46(75)42(71)40(69)31(82-52)23-78-51-45(74)41(70)37(66)28(19-60)79-51)25-11-16-58(7)35(25)26(63)18-33-56(5)15-13-34(55(3,4)32(56)12-17-57(33,58)6)83-53-49(44(73)39(68)29(20-61)80-53)85-54-48(43(72)38(67)30(21-62)81-54)84-47-36(65)27(64)22-77-50(47)76/h10,25-54,60-76H,9,11-23H2,1-8H3. The molecule has 0 aromatic rings. The van der Waals surface area contributed by atoms with Gasteiger partial charge in [0.05, 0.1) is 50.8 Å². The zero-order chi connectivity index (χ0) is 63.1. The molecule has 0 amide bonds. The van der Waals surface area contributed by atoms with Crippen LogP contribution in [0.2, 0.25) is 0 Å². The van der Waals surface area contributed by atoms with E-state index in [4.69, 9.17) is 47.4 Å². The lowest BCUT2D eigenvalue weighted by molar-refractivity contribution is -0.390. The van der Waals surface area contributed by atoms with E-state index in [2.05, 4.69) is 40.7 Å². The van der Waals surface area contributed by atoms with E-state index in [1.54, 1.807) is 0 Å². The summed E-state index contributed by atoms with van der Waals surface area (Å²) in [6.45, 7) is 13.8. The second kappa shape index (κ2) is 26.6. The summed E-state index contributed by atoms with van der Waals surface area (Å²) in [7, 11) is 0. The van der Waals surface area contributed by atoms with Gasteiger partial charge in [-0.2, -0.15) is 0 Å². The van der Waals surface area contributed by atoms with Crippen molar-refractivity contribution in [1.29, 1.82) is 0 Å². The normalized spacial score (nSPS) is 52.9. The Morgan fingerprint density at radius 2 is 1.05 bits per heavy atom. The highest BCUT2D eigenvalue weighted by atomic mass is 16.8. The molecular formula is C59H100O27. The minimum absolute atomic E-state index is 0.0153. The SMILES string of the molecule is CC(C)=CCCC(C)(OC1OC(COC2OC(CO)C(O)C(O)C2O)C(O)C(O)C1O)C1CCC2(C)C1C(O)CC1C3(C)CCC(OC4OC(CO)C(O)C(O)C4OC4OC(CO)C(O)C(O)C4OC4C(O)OCC(O)C4O)C(C)(C)C3CCC12C. The quantitative estimate of drug-likeness (QED) is 0.0463. The van der Waals surface area contributed by atoms with Crippen molar-refractivity contribution in [3.63, 3.8) is 0 Å². The molecule has 34 atom stereocenters. The first-order valence-electron chi connectivity index (χ1n) is 30.8. The zero-order valence-corrected chi connectivity index (χ0v) is 50.5. The summed E-state index contributed by atoms with van der Waals surface area (Å²) in [5, 5.41) is 186. The number of hydrogen-bond acceptors (Lipinski definition) is 27. The maximum Gasteiger partial charge on any atom is 0.187 e. The Kier molecular flexibility index (Phi) is 21.3. The Morgan fingerprint density at radius 1 is 0.523 bits per heavy atom. The van der Waals surface area contributed by atoms with Gasteiger partial charge in [-0.1, -0.05) is 46.3 Å². The van der Waals surface area contributed by atoms with Crippen LogP contribution in [0.5, 0.6) is 0 Å². The lowest BCUT2D eigenvalue weighted by Gasteiger charge is -2.71. The second-order valence-electron chi connectivity index (χ2n) is 28.1. The third-order valence-corrected chi connectivity index (χ3v) is 22.6. The molecule has 17 N–H and O–H groups in total. The van der Waals surface area contributed by atoms with E-state index in [-0.39, 0.29) is 34.5 Å². The molecule has 27 heteroatoms. The Morgan fingerprint density at radius 3 is 1.64 bits per heavy atom. The summed E-state index contributed by atoms with van der Waals surface area (Å²) in [5.41, 5.74) is -1.88. The molecule has 9 aliphatic rings. The van der Waals surface area contributed by atoms with Crippen molar-refractivity contribution < 1.29 is 134 Å². The molecule has 4 aliphatic carbocycles. The average Bonchev–Trinajstić information content (AvgIpc) is 1.22. The molecule has 0 aromatic heterocycles. The fourth-order valence-electron chi connectivity index (χ4n) is 17.5. The number of hydrogen-bond donors (Lipinski definition) is 17. The molecule has 5 aliphatic heterocycles. The van der Waals surface area contributed by atoms with Crippen LogP contribution in [0.4, 0.5) is 0 Å². The molecule has 34 unspecified atom stereocenters. The fourth-order valence-corrected chi connectivity index (χ4v) is 17.5. The molecular weight excluding hydrogens is 1140 g/mol. The van der Waals surface area contributed by atoms with Gasteiger partial charge in [-0.3, -0.25) is 0 Å². The lowest BCUT2D eigenvalue weighted by atomic mass is 9.35. The second-order valence-corrected chi connectivity index (χ2v) is 28.1. The number of aliphatic hydroxyl groups is 17. The van der Waals surface area contributed by atoms with Gasteiger partial charge in [0.25, 0.3) is 0 Å². The minimum Gasteiger partial charge on any atom is -0.394 e. The van der Waals surface area contributed by atoms with Crippen LogP contribution in [0.15, 0.2) is 11.6 Å². The molecule has 9 rings (SSSR count). The molecule has 5 saturated heterocycles. The van der Waals surface area contributed by atoms with Gasteiger partial charge in [-0.25, -0.2) is 0 Å². The maximum absolute atomic E-state index is 12.9. The van der Waals surface area contributed by atoms with Crippen molar-refractivity contribution in [3.05, 3.63) is 11.6 Å². The monoisotopic (exact) mass is 1240 g/mol. The Labute approximate surface area is 501 Å². The van der Waals surface area contributed by atoms with E-state index < -0.39 is 209 Å². The Hall–Kier alpha value is -1.34. The van der Waals surface area contributed by atoms with Gasteiger partial charge in [0.15, 0.2) is 31.5 Å². The summed E-state index contributed by atoms with van der Waals surface area (Å²) in [6.07, 6.45) is -33.8. The van der Waals surface area contributed by atoms with Crippen LogP contribution in [0.1, 0.15) is 113 Å². The van der Waals surface area contributed by atoms with Gasteiger partial charge in [-0.15, -0.1) is 0 Å². The van der Waals surface area contributed by atoms with Crippen LogP contribution in [-0.2, 0) is 47.4 Å². The van der Waals surface area contributed by atoms with Crippen molar-refractivity contribution in [1.82, 2.24) is 0 Å². The Balaban J connectivity index is 0.936. The van der Waals surface area contributed by atoms with Gasteiger partial charge >= 0.3 is 0 Å². The van der Waals surface area contributed by atoms with Crippen molar-refractivity contribution in [2.75, 3.05) is 33.0 Å². The van der Waals surface area contributed by atoms with Crippen LogP contribution in [0.3, 0.4) is 0 Å². The average molecular weight is 1240 g/mol. The number of aliphatic hydroxyl groups excluding tert-OH is 17. The zero-order valence-electron chi connectivity index (χ0n) is 50.5. The van der Waals surface area contributed by atoms with Crippen LogP contribution >= 0.6 is 0 Å². The number of allylic oxidation sites excluding steroid dienone is 2. The molecule has 498 valence electrons. The Bertz CT molecular complexity index is 2260. The van der Waals surface area contributed by atoms with Gasteiger partial charge < -0.3 is 134 Å². The molecule has 27 nitrogen and oxygen atoms in total. The van der Waals surface area contributed by atoms with Crippen molar-refractivity contribution in [3.8, 4) is 0 Å². The fraction of sp³-hybridized carbons (Fsp3) is 0.966. The van der Waals surface area contributed by atoms with Crippen LogP contribution < -0.4 is 0 Å². The van der Waals surface area contributed by atoms with Crippen LogP contribution in [-0.4, -0.2) is 285 Å². The first-order valence-corrected chi connectivity index (χ1v) is 30.8. The topological polar surface area (TPSA) is 436 Å². The summed E-state index contributed by atoms with van der Waals surface area (Å²) >= 11 is 0. The maximum atomic E-state index is 12.9. The van der Waals surface area contributed by atoms with Gasteiger partial charge in [0, 0.05) is 0 Å². The van der Waals surface area contributed by atoms with Crippen molar-refractivity contribution in [2.45, 2.75) is 278 Å². The first kappa shape index (κ1) is 69.0. The van der Waals surface area contributed by atoms with Gasteiger partial charge in [-0.05, 0) is 124 Å². The number of ether oxygens (including phenoxy) is 10. The van der Waals surface area contributed by atoms with E-state index >= 15 is 0 Å². The van der Waals surface area contributed by atoms with E-state index in [9.17, 15) is 86.8 Å². The number of rotatable bonds is 18. The summed E-state index contributed by atoms with van der Waals surface area (Å²) in [6, 6.07) is 0. The summed E-state index contributed by atoms with van der Waals surface area (Å²) < 4.78 is 60.8. The highest BCUT2D eigenvalue weighted by Gasteiger charge is 2.72. The molecule has 0 bridgehead atoms. The largest absolute Gasteiger partial charge is 0.394 e. The van der Waals surface area contributed by atoms with Crippen LogP contribution in [0, 0.1) is 45.3 Å². The molecule has 0 aromatic carbocycles. The van der Waals surface area contributed by atoms with E-state index in [0.717, 1.165) is 24.8 Å². The lowest BCUT2D eigenvalue weighted by Crippen LogP contribution is -2.68. The summed E-state index contributed by atoms with van der Waals surface area (Å²) in [4.78, 5) is 0. The van der Waals surface area contributed by atoms with E-state index in [0.29, 0.717) is 38.5 Å². The van der Waals surface area contributed by atoms with E-state index in [1.807, 2.05) is 20.8 Å². The molecule has 0 spiro atoms. The predicted octanol–water partition coefficient (Wildman–Crippen LogP) is -3.74. The van der Waals surface area contributed by atoms with Crippen molar-refractivity contribution in [2.24, 2.45) is 45.3 Å².